The largest absolute Gasteiger partial charge is 0.393 e. The smallest absolute Gasteiger partial charge is 0.0809 e. The molecule has 124 valence electrons. The fourth-order valence-corrected chi connectivity index (χ4v) is 7.85. The molecule has 0 saturated heterocycles. The molecule has 2 nitrogen and oxygen atoms in total. The summed E-state index contributed by atoms with van der Waals surface area (Å²) in [7, 11) is 0. The fourth-order valence-electron chi connectivity index (χ4n) is 7.85. The van der Waals surface area contributed by atoms with Crippen molar-refractivity contribution >= 4 is 0 Å². The summed E-state index contributed by atoms with van der Waals surface area (Å²) in [5.74, 6) is 1.78. The van der Waals surface area contributed by atoms with E-state index in [9.17, 15) is 10.2 Å². The van der Waals surface area contributed by atoms with Crippen LogP contribution in [0, 0.1) is 34.0 Å². The second-order valence-corrected chi connectivity index (χ2v) is 9.89. The van der Waals surface area contributed by atoms with Crippen LogP contribution < -0.4 is 0 Å². The molecular formula is C20H32O2. The van der Waals surface area contributed by atoms with Gasteiger partial charge in [-0.1, -0.05) is 27.4 Å². The van der Waals surface area contributed by atoms with Crippen LogP contribution in [0.4, 0.5) is 0 Å². The van der Waals surface area contributed by atoms with Crippen LogP contribution in [0.3, 0.4) is 0 Å². The van der Waals surface area contributed by atoms with Crippen LogP contribution in [0.2, 0.25) is 0 Å². The van der Waals surface area contributed by atoms with E-state index in [-0.39, 0.29) is 28.5 Å². The van der Waals surface area contributed by atoms with Crippen LogP contribution >= 0.6 is 0 Å². The van der Waals surface area contributed by atoms with Gasteiger partial charge in [0.2, 0.25) is 0 Å². The van der Waals surface area contributed by atoms with Crippen LogP contribution in [0.25, 0.3) is 0 Å². The molecule has 0 aliphatic heterocycles. The number of hydrogen-bond donors (Lipinski definition) is 2. The Hall–Kier alpha value is -0.340. The quantitative estimate of drug-likeness (QED) is 0.666. The number of rotatable bonds is 0. The zero-order valence-electron chi connectivity index (χ0n) is 14.4. The Bertz CT molecular complexity index is 510. The molecule has 2 bridgehead atoms. The molecule has 0 heterocycles. The van der Waals surface area contributed by atoms with Crippen LogP contribution in [-0.2, 0) is 0 Å². The molecule has 0 aromatic heterocycles. The van der Waals surface area contributed by atoms with E-state index in [0.29, 0.717) is 17.8 Å². The predicted molar refractivity (Wildman–Crippen MR) is 88.3 cm³/mol. The minimum absolute atomic E-state index is 0.0678. The van der Waals surface area contributed by atoms with Crippen molar-refractivity contribution in [3.63, 3.8) is 0 Å². The summed E-state index contributed by atoms with van der Waals surface area (Å²) in [5.41, 5.74) is 1.57. The zero-order valence-corrected chi connectivity index (χ0v) is 14.4. The lowest BCUT2D eigenvalue weighted by molar-refractivity contribution is -0.188. The Morgan fingerprint density at radius 3 is 2.41 bits per heavy atom. The minimum atomic E-state index is -0.301. The molecule has 1 spiro atoms. The molecule has 0 aromatic carbocycles. The molecule has 4 saturated carbocycles. The molecule has 2 heteroatoms. The third-order valence-electron chi connectivity index (χ3n) is 8.42. The van der Waals surface area contributed by atoms with Gasteiger partial charge in [0.15, 0.2) is 0 Å². The molecule has 22 heavy (non-hydrogen) atoms. The maximum atomic E-state index is 11.0. The Kier molecular flexibility index (Phi) is 3.03. The number of hydrogen-bond acceptors (Lipinski definition) is 2. The SMILES string of the molecule is C=C1[C@@H]2CC[C@H]3[C@]4(C)C[C@H](O)CC(C)(C)[C@H]4CC[C@]3(C2)[C@H]1O. The van der Waals surface area contributed by atoms with Crippen LogP contribution in [0.5, 0.6) is 0 Å². The van der Waals surface area contributed by atoms with Gasteiger partial charge in [0.1, 0.15) is 0 Å². The summed E-state index contributed by atoms with van der Waals surface area (Å²) in [4.78, 5) is 0. The molecule has 4 rings (SSSR count). The van der Waals surface area contributed by atoms with Gasteiger partial charge in [-0.3, -0.25) is 0 Å². The first-order valence-corrected chi connectivity index (χ1v) is 9.25. The molecule has 0 radical (unpaired) electrons. The highest BCUT2D eigenvalue weighted by atomic mass is 16.3. The van der Waals surface area contributed by atoms with Crippen molar-refractivity contribution in [3.05, 3.63) is 12.2 Å². The Labute approximate surface area is 135 Å². The van der Waals surface area contributed by atoms with E-state index in [2.05, 4.69) is 27.4 Å². The van der Waals surface area contributed by atoms with E-state index in [1.54, 1.807) is 0 Å². The van der Waals surface area contributed by atoms with Crippen molar-refractivity contribution in [1.29, 1.82) is 0 Å². The lowest BCUT2D eigenvalue weighted by atomic mass is 9.40. The van der Waals surface area contributed by atoms with E-state index >= 15 is 0 Å². The van der Waals surface area contributed by atoms with Crippen molar-refractivity contribution in [3.8, 4) is 0 Å². The molecule has 0 amide bonds. The van der Waals surface area contributed by atoms with E-state index in [1.807, 2.05) is 0 Å². The van der Waals surface area contributed by atoms with Gasteiger partial charge >= 0.3 is 0 Å². The first-order chi connectivity index (χ1) is 10.2. The molecule has 2 N–H and O–H groups in total. The Balaban J connectivity index is 1.78. The van der Waals surface area contributed by atoms with Gasteiger partial charge < -0.3 is 10.2 Å². The van der Waals surface area contributed by atoms with E-state index in [0.717, 1.165) is 31.3 Å². The van der Waals surface area contributed by atoms with Crippen molar-refractivity contribution in [1.82, 2.24) is 0 Å². The number of fused-ring (bicyclic) bond motifs is 3. The van der Waals surface area contributed by atoms with Crippen LogP contribution in [0.1, 0.15) is 65.7 Å². The summed E-state index contributed by atoms with van der Waals surface area (Å²) >= 11 is 0. The topological polar surface area (TPSA) is 40.5 Å². The third kappa shape index (κ3) is 1.69. The minimum Gasteiger partial charge on any atom is -0.393 e. The van der Waals surface area contributed by atoms with Crippen molar-refractivity contribution in [2.45, 2.75) is 77.9 Å². The molecule has 4 aliphatic carbocycles. The Morgan fingerprint density at radius 1 is 0.955 bits per heavy atom. The lowest BCUT2D eigenvalue weighted by Gasteiger charge is -2.65. The van der Waals surface area contributed by atoms with Gasteiger partial charge in [-0.05, 0) is 79.1 Å². The third-order valence-corrected chi connectivity index (χ3v) is 8.42. The highest BCUT2D eigenvalue weighted by Gasteiger charge is 2.66. The van der Waals surface area contributed by atoms with Crippen molar-refractivity contribution < 1.29 is 10.2 Å². The second kappa shape index (κ2) is 4.39. The zero-order chi connectivity index (χ0) is 15.9. The fraction of sp³-hybridized carbons (Fsp3) is 0.900. The number of aliphatic hydroxyl groups is 2. The average Bonchev–Trinajstić information content (AvgIpc) is 2.58. The summed E-state index contributed by atoms with van der Waals surface area (Å²) in [5, 5.41) is 21.5. The van der Waals surface area contributed by atoms with Crippen LogP contribution in [0.15, 0.2) is 12.2 Å². The van der Waals surface area contributed by atoms with Gasteiger partial charge in [0.05, 0.1) is 12.2 Å². The maximum Gasteiger partial charge on any atom is 0.0809 e. The predicted octanol–water partition coefficient (Wildman–Crippen LogP) is 3.92. The highest BCUT2D eigenvalue weighted by Crippen LogP contribution is 2.71. The van der Waals surface area contributed by atoms with Gasteiger partial charge in [-0.25, -0.2) is 0 Å². The van der Waals surface area contributed by atoms with E-state index in [1.165, 1.54) is 19.3 Å². The van der Waals surface area contributed by atoms with Gasteiger partial charge in [-0.15, -0.1) is 0 Å². The molecule has 7 atom stereocenters. The van der Waals surface area contributed by atoms with Gasteiger partial charge in [0.25, 0.3) is 0 Å². The van der Waals surface area contributed by atoms with Crippen LogP contribution in [-0.4, -0.2) is 22.4 Å². The molecule has 0 unspecified atom stereocenters. The second-order valence-electron chi connectivity index (χ2n) is 9.89. The lowest BCUT2D eigenvalue weighted by Crippen LogP contribution is -2.60. The van der Waals surface area contributed by atoms with Gasteiger partial charge in [0, 0.05) is 5.41 Å². The monoisotopic (exact) mass is 304 g/mol. The maximum absolute atomic E-state index is 11.0. The molecule has 4 fully saturated rings. The molecule has 4 aliphatic rings. The first kappa shape index (κ1) is 15.2. The highest BCUT2D eigenvalue weighted by molar-refractivity contribution is 5.27. The van der Waals surface area contributed by atoms with Crippen molar-refractivity contribution in [2.75, 3.05) is 0 Å². The molecular weight excluding hydrogens is 272 g/mol. The van der Waals surface area contributed by atoms with E-state index < -0.39 is 0 Å². The standard InChI is InChI=1S/C20H32O2/c1-12-13-5-6-16-19(4)11-14(21)10-18(2,3)15(19)7-8-20(16,9-13)17(12)22/h13-17,21-22H,1,5-11H2,2-4H3/t13-,14-,15-,16+,17+,19-,20-/m1/s1. The summed E-state index contributed by atoms with van der Waals surface area (Å²) in [6.07, 6.45) is 7.32. The summed E-state index contributed by atoms with van der Waals surface area (Å²) in [6.45, 7) is 11.4. The Morgan fingerprint density at radius 2 is 1.68 bits per heavy atom. The summed E-state index contributed by atoms with van der Waals surface area (Å²) < 4.78 is 0. The van der Waals surface area contributed by atoms with E-state index in [4.69, 9.17) is 0 Å². The number of aliphatic hydroxyl groups excluding tert-OH is 2. The molecule has 0 aromatic rings. The van der Waals surface area contributed by atoms with Crippen molar-refractivity contribution in [2.24, 2.45) is 34.0 Å². The summed E-state index contributed by atoms with van der Waals surface area (Å²) in [6, 6.07) is 0. The average molecular weight is 304 g/mol. The van der Waals surface area contributed by atoms with Gasteiger partial charge in [-0.2, -0.15) is 0 Å². The first-order valence-electron chi connectivity index (χ1n) is 9.25. The normalized spacial score (nSPS) is 56.4.